The predicted molar refractivity (Wildman–Crippen MR) is 108 cm³/mol. The van der Waals surface area contributed by atoms with E-state index < -0.39 is 0 Å². The number of carbonyl (C=O) groups excluding carboxylic acids is 1. The van der Waals surface area contributed by atoms with E-state index in [1.165, 1.54) is 0 Å². The number of imidazole rings is 1. The molecule has 1 aliphatic rings. The van der Waals surface area contributed by atoms with Crippen LogP contribution in [0.5, 0.6) is 0 Å². The molecule has 8 heteroatoms. The number of fused-ring (bicyclic) bond motifs is 3. The Morgan fingerprint density at radius 1 is 1.11 bits per heavy atom. The highest BCUT2D eigenvalue weighted by molar-refractivity contribution is 6.36. The van der Waals surface area contributed by atoms with Crippen LogP contribution in [0.4, 0.5) is 0 Å². The van der Waals surface area contributed by atoms with Crippen molar-refractivity contribution in [3.05, 3.63) is 80.3 Å². The summed E-state index contributed by atoms with van der Waals surface area (Å²) < 4.78 is 1.73. The largest absolute Gasteiger partial charge is 0.354 e. The van der Waals surface area contributed by atoms with Gasteiger partial charge in [0.25, 0.3) is 5.91 Å². The third-order valence-electron chi connectivity index (χ3n) is 4.34. The zero-order chi connectivity index (χ0) is 19.1. The maximum atomic E-state index is 12.2. The molecule has 0 radical (unpaired) electrons. The van der Waals surface area contributed by atoms with Crippen LogP contribution in [0.25, 0.3) is 5.69 Å². The summed E-state index contributed by atoms with van der Waals surface area (Å²) in [6.07, 6.45) is 0. The molecule has 1 aliphatic heterocycles. The summed E-state index contributed by atoms with van der Waals surface area (Å²) in [4.78, 5) is 21.2. The third-order valence-corrected chi connectivity index (χ3v) is 5.16. The minimum Gasteiger partial charge on any atom is -0.354 e. The lowest BCUT2D eigenvalue weighted by Crippen LogP contribution is -2.20. The van der Waals surface area contributed by atoms with E-state index in [0.29, 0.717) is 21.5 Å². The Bertz CT molecular complexity index is 1100. The smallest absolute Gasteiger partial charge is 0.271 e. The SMILES string of the molecule is CNC(=O)c1nc(Cl)n2c1CN=C(c1ccccc1Cl)c1cc(Cl)ccc1-2. The number of nitrogens with zero attached hydrogens (tertiary/aromatic N) is 3. The molecule has 136 valence electrons. The fraction of sp³-hybridized carbons (Fsp3) is 0.105. The van der Waals surface area contributed by atoms with Gasteiger partial charge in [-0.05, 0) is 35.9 Å². The summed E-state index contributed by atoms with van der Waals surface area (Å²) in [5.74, 6) is -0.322. The van der Waals surface area contributed by atoms with Crippen molar-refractivity contribution < 1.29 is 4.79 Å². The maximum Gasteiger partial charge on any atom is 0.271 e. The predicted octanol–water partition coefficient (Wildman–Crippen LogP) is 4.54. The van der Waals surface area contributed by atoms with Crippen molar-refractivity contribution in [3.8, 4) is 5.69 Å². The summed E-state index contributed by atoms with van der Waals surface area (Å²) in [6, 6.07) is 12.9. The first kappa shape index (κ1) is 18.0. The summed E-state index contributed by atoms with van der Waals surface area (Å²) in [7, 11) is 1.55. The van der Waals surface area contributed by atoms with Gasteiger partial charge < -0.3 is 5.32 Å². The van der Waals surface area contributed by atoms with Gasteiger partial charge in [0.1, 0.15) is 0 Å². The molecule has 1 N–H and O–H groups in total. The number of aliphatic imine (C=N–C) groups is 1. The number of amides is 1. The Morgan fingerprint density at radius 2 is 1.89 bits per heavy atom. The van der Waals surface area contributed by atoms with Gasteiger partial charge in [0.2, 0.25) is 5.28 Å². The third kappa shape index (κ3) is 3.02. The van der Waals surface area contributed by atoms with Crippen LogP contribution >= 0.6 is 34.8 Å². The lowest BCUT2D eigenvalue weighted by molar-refractivity contribution is 0.0957. The number of halogens is 3. The van der Waals surface area contributed by atoms with Gasteiger partial charge in [-0.1, -0.05) is 41.4 Å². The van der Waals surface area contributed by atoms with Crippen molar-refractivity contribution >= 4 is 46.4 Å². The molecule has 0 fully saturated rings. The zero-order valence-electron chi connectivity index (χ0n) is 14.1. The average Bonchev–Trinajstić information content (AvgIpc) is 2.89. The minimum absolute atomic E-state index is 0.183. The van der Waals surface area contributed by atoms with E-state index in [0.717, 1.165) is 16.8 Å². The number of aromatic nitrogens is 2. The number of nitrogens with one attached hydrogen (secondary N) is 1. The molecule has 2 heterocycles. The van der Waals surface area contributed by atoms with Crippen LogP contribution in [-0.4, -0.2) is 28.2 Å². The Balaban J connectivity index is 2.02. The Labute approximate surface area is 170 Å². The average molecular weight is 420 g/mol. The Kier molecular flexibility index (Phi) is 4.68. The first-order valence-corrected chi connectivity index (χ1v) is 9.23. The molecular weight excluding hydrogens is 407 g/mol. The van der Waals surface area contributed by atoms with Gasteiger partial charge >= 0.3 is 0 Å². The molecule has 2 aromatic carbocycles. The normalized spacial score (nSPS) is 12.7. The van der Waals surface area contributed by atoms with Crippen LogP contribution in [0.15, 0.2) is 47.5 Å². The Hall–Kier alpha value is -2.34. The van der Waals surface area contributed by atoms with Crippen LogP contribution in [-0.2, 0) is 6.54 Å². The van der Waals surface area contributed by atoms with Crippen molar-refractivity contribution in [1.29, 1.82) is 0 Å². The molecule has 0 aliphatic carbocycles. The first-order chi connectivity index (χ1) is 13.0. The quantitative estimate of drug-likeness (QED) is 0.663. The molecule has 4 rings (SSSR count). The summed E-state index contributed by atoms with van der Waals surface area (Å²) in [5, 5.41) is 3.90. The van der Waals surface area contributed by atoms with Gasteiger partial charge in [-0.2, -0.15) is 0 Å². The second-order valence-corrected chi connectivity index (χ2v) is 7.08. The van der Waals surface area contributed by atoms with Gasteiger partial charge in [-0.25, -0.2) is 4.98 Å². The maximum absolute atomic E-state index is 12.2. The van der Waals surface area contributed by atoms with Gasteiger partial charge in [0, 0.05) is 28.2 Å². The lowest BCUT2D eigenvalue weighted by atomic mass is 10.0. The van der Waals surface area contributed by atoms with Crippen LogP contribution in [0.2, 0.25) is 15.3 Å². The fourth-order valence-electron chi connectivity index (χ4n) is 3.13. The number of rotatable bonds is 2. The molecule has 0 unspecified atom stereocenters. The molecule has 1 aromatic heterocycles. The highest BCUT2D eigenvalue weighted by Crippen LogP contribution is 2.33. The number of benzene rings is 2. The van der Waals surface area contributed by atoms with E-state index in [4.69, 9.17) is 39.8 Å². The minimum atomic E-state index is -0.322. The molecule has 0 saturated heterocycles. The van der Waals surface area contributed by atoms with Crippen molar-refractivity contribution in [2.45, 2.75) is 6.54 Å². The summed E-state index contributed by atoms with van der Waals surface area (Å²) >= 11 is 19.1. The summed E-state index contributed by atoms with van der Waals surface area (Å²) in [5.41, 5.74) is 3.80. The molecule has 0 atom stereocenters. The van der Waals surface area contributed by atoms with Crippen LogP contribution in [0.1, 0.15) is 27.3 Å². The number of hydrogen-bond acceptors (Lipinski definition) is 3. The zero-order valence-corrected chi connectivity index (χ0v) is 16.4. The van der Waals surface area contributed by atoms with E-state index >= 15 is 0 Å². The van der Waals surface area contributed by atoms with Crippen molar-refractivity contribution in [3.63, 3.8) is 0 Å². The molecule has 0 spiro atoms. The van der Waals surface area contributed by atoms with Gasteiger partial charge in [0.15, 0.2) is 5.69 Å². The van der Waals surface area contributed by atoms with Gasteiger partial charge in [0.05, 0.1) is 23.6 Å². The van der Waals surface area contributed by atoms with E-state index in [1.807, 2.05) is 30.3 Å². The monoisotopic (exact) mass is 418 g/mol. The standard InChI is InChI=1S/C19H13Cl3N4O/c1-23-18(27)17-15-9-24-16(11-4-2-3-5-13(11)21)12-8-10(20)6-7-14(12)26(15)19(22)25-17/h2-8H,9H2,1H3,(H,23,27). The number of hydrogen-bond donors (Lipinski definition) is 1. The first-order valence-electron chi connectivity index (χ1n) is 8.10. The van der Waals surface area contributed by atoms with Crippen molar-refractivity contribution in [2.24, 2.45) is 4.99 Å². The molecular formula is C19H13Cl3N4O. The van der Waals surface area contributed by atoms with Crippen LogP contribution < -0.4 is 5.32 Å². The topological polar surface area (TPSA) is 59.3 Å². The summed E-state index contributed by atoms with van der Waals surface area (Å²) in [6.45, 7) is 0.218. The van der Waals surface area contributed by atoms with E-state index in [-0.39, 0.29) is 23.4 Å². The molecule has 5 nitrogen and oxygen atoms in total. The Morgan fingerprint density at radius 3 is 2.63 bits per heavy atom. The fourth-order valence-corrected chi connectivity index (χ4v) is 3.81. The van der Waals surface area contributed by atoms with E-state index in [9.17, 15) is 4.79 Å². The van der Waals surface area contributed by atoms with Crippen LogP contribution in [0.3, 0.4) is 0 Å². The van der Waals surface area contributed by atoms with Gasteiger partial charge in [-0.15, -0.1) is 0 Å². The van der Waals surface area contributed by atoms with Gasteiger partial charge in [-0.3, -0.25) is 14.4 Å². The second-order valence-electron chi connectivity index (χ2n) is 5.90. The molecule has 3 aromatic rings. The highest BCUT2D eigenvalue weighted by atomic mass is 35.5. The molecule has 27 heavy (non-hydrogen) atoms. The molecule has 0 saturated carbocycles. The second kappa shape index (κ2) is 7.00. The van der Waals surface area contributed by atoms with Crippen LogP contribution in [0, 0.1) is 0 Å². The van der Waals surface area contributed by atoms with Crippen molar-refractivity contribution in [1.82, 2.24) is 14.9 Å². The van der Waals surface area contributed by atoms with E-state index in [2.05, 4.69) is 10.3 Å². The number of carbonyl (C=O) groups is 1. The highest BCUT2D eigenvalue weighted by Gasteiger charge is 2.27. The molecule has 0 bridgehead atoms. The molecule has 1 amide bonds. The lowest BCUT2D eigenvalue weighted by Gasteiger charge is -2.13. The van der Waals surface area contributed by atoms with Crippen molar-refractivity contribution in [2.75, 3.05) is 7.05 Å². The van der Waals surface area contributed by atoms with E-state index in [1.54, 1.807) is 23.7 Å².